The third-order valence-electron chi connectivity index (χ3n) is 6.22. The maximum atomic E-state index is 13.0. The summed E-state index contributed by atoms with van der Waals surface area (Å²) < 4.78 is 2.17. The van der Waals surface area contributed by atoms with Crippen LogP contribution in [0.3, 0.4) is 0 Å². The van der Waals surface area contributed by atoms with E-state index < -0.39 is 11.1 Å². The Morgan fingerprint density at radius 3 is 2.64 bits per heavy atom. The summed E-state index contributed by atoms with van der Waals surface area (Å²) in [5, 5.41) is 0.648. The molecule has 0 radical (unpaired) electrons. The fourth-order valence-electron chi connectivity index (χ4n) is 4.54. The van der Waals surface area contributed by atoms with Crippen LogP contribution in [0.15, 0.2) is 59.6 Å². The van der Waals surface area contributed by atoms with Crippen molar-refractivity contribution in [3.63, 3.8) is 0 Å². The highest BCUT2D eigenvalue weighted by Crippen LogP contribution is 2.34. The number of aromatic nitrogens is 1. The smallest absolute Gasteiger partial charge is 0.294 e. The van der Waals surface area contributed by atoms with Crippen LogP contribution in [-0.2, 0) is 29.1 Å². The molecule has 168 valence electrons. The lowest BCUT2D eigenvalue weighted by atomic mass is 10.00. The lowest BCUT2D eigenvalue weighted by Crippen LogP contribution is -2.44. The predicted octanol–water partition coefficient (Wildman–Crippen LogP) is 4.67. The van der Waals surface area contributed by atoms with Gasteiger partial charge >= 0.3 is 0 Å². The van der Waals surface area contributed by atoms with Crippen molar-refractivity contribution < 1.29 is 14.4 Å². The number of aryl methyl sites for hydroxylation is 1. The number of hydrogen-bond donors (Lipinski definition) is 0. The Morgan fingerprint density at radius 1 is 1.06 bits per heavy atom. The van der Waals surface area contributed by atoms with Crippen LogP contribution in [0.4, 0.5) is 4.79 Å². The normalized spacial score (nSPS) is 17.3. The van der Waals surface area contributed by atoms with Crippen molar-refractivity contribution >= 4 is 45.8 Å². The van der Waals surface area contributed by atoms with Crippen LogP contribution in [-0.4, -0.2) is 44.5 Å². The Hall–Kier alpha value is -3.32. The maximum absolute atomic E-state index is 13.0. The fraction of sp³-hybridized carbons (Fsp3) is 0.269. The second kappa shape index (κ2) is 8.90. The summed E-state index contributed by atoms with van der Waals surface area (Å²) in [6.45, 7) is 3.89. The Balaban J connectivity index is 1.34. The molecule has 6 nitrogen and oxygen atoms in total. The summed E-state index contributed by atoms with van der Waals surface area (Å²) in [4.78, 5) is 41.7. The van der Waals surface area contributed by atoms with Crippen molar-refractivity contribution in [1.29, 1.82) is 0 Å². The van der Waals surface area contributed by atoms with E-state index in [1.807, 2.05) is 42.6 Å². The molecular formula is C26H25N3O3S. The van der Waals surface area contributed by atoms with Gasteiger partial charge in [0.2, 0.25) is 5.91 Å². The summed E-state index contributed by atoms with van der Waals surface area (Å²) in [7, 11) is 0. The Morgan fingerprint density at radius 2 is 1.82 bits per heavy atom. The van der Waals surface area contributed by atoms with Crippen LogP contribution in [0.25, 0.3) is 17.0 Å². The number of rotatable bonds is 5. The number of amides is 3. The Kier molecular flexibility index (Phi) is 5.81. The summed E-state index contributed by atoms with van der Waals surface area (Å²) >= 11 is 0.904. The monoisotopic (exact) mass is 459 g/mol. The van der Waals surface area contributed by atoms with Crippen molar-refractivity contribution in [2.45, 2.75) is 32.9 Å². The zero-order chi connectivity index (χ0) is 22.9. The molecule has 2 aromatic carbocycles. The average molecular weight is 460 g/mol. The molecule has 2 aliphatic rings. The second-order valence-corrected chi connectivity index (χ2v) is 9.39. The molecule has 3 amide bonds. The van der Waals surface area contributed by atoms with Gasteiger partial charge in [0.05, 0.1) is 4.91 Å². The zero-order valence-corrected chi connectivity index (χ0v) is 19.3. The van der Waals surface area contributed by atoms with Gasteiger partial charge in [0.1, 0.15) is 6.54 Å². The van der Waals surface area contributed by atoms with E-state index in [9.17, 15) is 14.4 Å². The van der Waals surface area contributed by atoms with E-state index in [2.05, 4.69) is 23.6 Å². The molecule has 0 spiro atoms. The first-order valence-corrected chi connectivity index (χ1v) is 12.0. The van der Waals surface area contributed by atoms with Crippen molar-refractivity contribution in [3.8, 4) is 0 Å². The number of para-hydroxylation sites is 1. The van der Waals surface area contributed by atoms with Crippen LogP contribution in [0.2, 0.25) is 0 Å². The molecule has 1 saturated heterocycles. The highest BCUT2D eigenvalue weighted by atomic mass is 32.2. The average Bonchev–Trinajstić information content (AvgIpc) is 3.31. The molecule has 1 aromatic heterocycles. The van der Waals surface area contributed by atoms with E-state index in [1.54, 1.807) is 11.0 Å². The minimum atomic E-state index is -0.400. The van der Waals surface area contributed by atoms with E-state index in [4.69, 9.17) is 0 Å². The molecule has 5 rings (SSSR count). The van der Waals surface area contributed by atoms with E-state index in [-0.39, 0.29) is 12.5 Å². The third-order valence-corrected chi connectivity index (χ3v) is 7.13. The van der Waals surface area contributed by atoms with Crippen LogP contribution in [0, 0.1) is 0 Å². The van der Waals surface area contributed by atoms with E-state index in [0.29, 0.717) is 18.0 Å². The highest BCUT2D eigenvalue weighted by molar-refractivity contribution is 8.18. The Bertz CT molecular complexity index is 1290. The minimum Gasteiger partial charge on any atom is -0.347 e. The molecule has 0 saturated carbocycles. The molecule has 0 atom stereocenters. The minimum absolute atomic E-state index is 0.201. The van der Waals surface area contributed by atoms with Gasteiger partial charge in [0.15, 0.2) is 0 Å². The van der Waals surface area contributed by atoms with Gasteiger partial charge in [0.25, 0.3) is 11.1 Å². The van der Waals surface area contributed by atoms with Crippen LogP contribution >= 0.6 is 11.8 Å². The predicted molar refractivity (Wildman–Crippen MR) is 130 cm³/mol. The molecule has 7 heteroatoms. The number of nitrogens with zero attached hydrogens (tertiary/aromatic N) is 3. The fourth-order valence-corrected chi connectivity index (χ4v) is 5.37. The second-order valence-electron chi connectivity index (χ2n) is 8.40. The molecule has 3 heterocycles. The Labute approximate surface area is 196 Å². The highest BCUT2D eigenvalue weighted by Gasteiger charge is 2.37. The first kappa shape index (κ1) is 21.5. The molecule has 33 heavy (non-hydrogen) atoms. The molecule has 3 aromatic rings. The lowest BCUT2D eigenvalue weighted by molar-refractivity contribution is -0.136. The third kappa shape index (κ3) is 4.09. The van der Waals surface area contributed by atoms with E-state index in [1.165, 1.54) is 5.56 Å². The molecule has 0 N–H and O–H groups in total. The largest absolute Gasteiger partial charge is 0.347 e. The number of thioether (sulfide) groups is 1. The van der Waals surface area contributed by atoms with Gasteiger partial charge in [-0.3, -0.25) is 19.3 Å². The number of carbonyl (C=O) groups excluding carboxylic acids is 3. The van der Waals surface area contributed by atoms with Gasteiger partial charge in [-0.2, -0.15) is 0 Å². The van der Waals surface area contributed by atoms with Gasteiger partial charge < -0.3 is 9.47 Å². The van der Waals surface area contributed by atoms with Crippen molar-refractivity contribution in [1.82, 2.24) is 14.4 Å². The van der Waals surface area contributed by atoms with Gasteiger partial charge in [-0.05, 0) is 47.9 Å². The van der Waals surface area contributed by atoms with Gasteiger partial charge in [0, 0.05) is 42.3 Å². The first-order chi connectivity index (χ1) is 16.0. The molecule has 2 aliphatic heterocycles. The van der Waals surface area contributed by atoms with Gasteiger partial charge in [-0.15, -0.1) is 0 Å². The SMILES string of the molecule is CCCn1cc(/C=C2\SC(=O)N(CC(=O)N3CCc4ccccc4C3)C2=O)c2ccccc21. The van der Waals surface area contributed by atoms with Crippen molar-refractivity contribution in [2.24, 2.45) is 0 Å². The van der Waals surface area contributed by atoms with Crippen LogP contribution in [0.1, 0.15) is 30.0 Å². The molecule has 0 aliphatic carbocycles. The summed E-state index contributed by atoms with van der Waals surface area (Å²) in [5.41, 5.74) is 4.38. The maximum Gasteiger partial charge on any atom is 0.294 e. The quantitative estimate of drug-likeness (QED) is 0.520. The summed E-state index contributed by atoms with van der Waals surface area (Å²) in [5.74, 6) is -0.601. The number of hydrogen-bond acceptors (Lipinski definition) is 4. The molecule has 0 unspecified atom stereocenters. The number of benzene rings is 2. The number of carbonyl (C=O) groups is 3. The summed E-state index contributed by atoms with van der Waals surface area (Å²) in [6, 6.07) is 16.1. The van der Waals surface area contributed by atoms with Crippen molar-refractivity contribution in [2.75, 3.05) is 13.1 Å². The summed E-state index contributed by atoms with van der Waals surface area (Å²) in [6.07, 6.45) is 5.59. The molecule has 0 bridgehead atoms. The topological polar surface area (TPSA) is 62.6 Å². The number of fused-ring (bicyclic) bond motifs is 2. The van der Waals surface area contributed by atoms with Crippen LogP contribution in [0.5, 0.6) is 0 Å². The van der Waals surface area contributed by atoms with Crippen molar-refractivity contribution in [3.05, 3.63) is 76.3 Å². The van der Waals surface area contributed by atoms with E-state index >= 15 is 0 Å². The standard InChI is InChI=1S/C26H25N3O3S/c1-2-12-27-16-20(21-9-5-6-10-22(21)27)14-23-25(31)29(26(32)33-23)17-24(30)28-13-11-18-7-3-4-8-19(18)15-28/h3-10,14,16H,2,11-13,15,17H2,1H3/b23-14-. The molecular weight excluding hydrogens is 434 g/mol. The van der Waals surface area contributed by atoms with E-state index in [0.717, 1.165) is 58.1 Å². The lowest BCUT2D eigenvalue weighted by Gasteiger charge is -2.29. The first-order valence-electron chi connectivity index (χ1n) is 11.2. The number of imide groups is 1. The molecule has 1 fully saturated rings. The van der Waals surface area contributed by atoms with Crippen LogP contribution < -0.4 is 0 Å². The zero-order valence-electron chi connectivity index (χ0n) is 18.5. The van der Waals surface area contributed by atoms with Gasteiger partial charge in [-0.1, -0.05) is 49.4 Å². The van der Waals surface area contributed by atoms with Gasteiger partial charge in [-0.25, -0.2) is 0 Å².